The number of aryl methyl sites for hydroxylation is 1. The van der Waals surface area contributed by atoms with Crippen LogP contribution >= 0.6 is 0 Å². The Labute approximate surface area is 118 Å². The molecular weight excluding hydrogens is 254 g/mol. The van der Waals surface area contributed by atoms with Gasteiger partial charge in [0.05, 0.1) is 12.1 Å². The third kappa shape index (κ3) is 4.29. The summed E-state index contributed by atoms with van der Waals surface area (Å²) in [4.78, 5) is 14.9. The normalized spacial score (nSPS) is 10.8. The van der Waals surface area contributed by atoms with Crippen molar-refractivity contribution in [3.05, 3.63) is 41.6 Å². The molecule has 5 heteroatoms. The van der Waals surface area contributed by atoms with E-state index in [4.69, 9.17) is 10.5 Å². The Kier molecular flexibility index (Phi) is 5.03. The summed E-state index contributed by atoms with van der Waals surface area (Å²) in [5.41, 5.74) is 8.20. The Hall–Kier alpha value is -1.98. The molecule has 0 unspecified atom stereocenters. The van der Waals surface area contributed by atoms with Crippen LogP contribution in [0.3, 0.4) is 0 Å². The first-order valence-electron chi connectivity index (χ1n) is 6.58. The molecule has 0 fully saturated rings. The SMILES string of the molecule is Cc1ccc2cc(CNCCOCC(N)=O)ccc2n1. The zero-order valence-corrected chi connectivity index (χ0v) is 11.6. The number of amides is 1. The van der Waals surface area contributed by atoms with Gasteiger partial charge in [0.1, 0.15) is 6.61 Å². The molecule has 2 rings (SSSR count). The molecule has 1 amide bonds. The van der Waals surface area contributed by atoms with Crippen LogP contribution in [0.5, 0.6) is 0 Å². The molecule has 0 aliphatic carbocycles. The minimum atomic E-state index is -0.442. The number of hydrogen-bond acceptors (Lipinski definition) is 4. The highest BCUT2D eigenvalue weighted by Gasteiger charge is 1.99. The molecular formula is C15H19N3O2. The first-order chi connectivity index (χ1) is 9.65. The monoisotopic (exact) mass is 273 g/mol. The van der Waals surface area contributed by atoms with Gasteiger partial charge in [-0.15, -0.1) is 0 Å². The predicted molar refractivity (Wildman–Crippen MR) is 78.2 cm³/mol. The van der Waals surface area contributed by atoms with E-state index < -0.39 is 5.91 Å². The molecule has 0 aliphatic rings. The second kappa shape index (κ2) is 6.98. The number of carbonyl (C=O) groups excluding carboxylic acids is 1. The van der Waals surface area contributed by atoms with Crippen LogP contribution in [0.2, 0.25) is 0 Å². The number of primary amides is 1. The van der Waals surface area contributed by atoms with Crippen molar-refractivity contribution >= 4 is 16.8 Å². The minimum absolute atomic E-state index is 0.0251. The molecule has 1 heterocycles. The summed E-state index contributed by atoms with van der Waals surface area (Å²) < 4.78 is 5.07. The van der Waals surface area contributed by atoms with Crippen LogP contribution in [0.25, 0.3) is 10.9 Å². The lowest BCUT2D eigenvalue weighted by molar-refractivity contribution is -0.122. The zero-order chi connectivity index (χ0) is 14.4. The Morgan fingerprint density at radius 2 is 2.20 bits per heavy atom. The van der Waals surface area contributed by atoms with E-state index in [-0.39, 0.29) is 6.61 Å². The van der Waals surface area contributed by atoms with E-state index >= 15 is 0 Å². The number of pyridine rings is 1. The van der Waals surface area contributed by atoms with E-state index in [2.05, 4.69) is 28.5 Å². The van der Waals surface area contributed by atoms with E-state index in [1.54, 1.807) is 0 Å². The number of fused-ring (bicyclic) bond motifs is 1. The fraction of sp³-hybridized carbons (Fsp3) is 0.333. The van der Waals surface area contributed by atoms with Crippen molar-refractivity contribution < 1.29 is 9.53 Å². The zero-order valence-electron chi connectivity index (χ0n) is 11.6. The van der Waals surface area contributed by atoms with Gasteiger partial charge in [0.15, 0.2) is 0 Å². The highest BCUT2D eigenvalue weighted by Crippen LogP contribution is 2.14. The van der Waals surface area contributed by atoms with Gasteiger partial charge in [-0.05, 0) is 30.7 Å². The van der Waals surface area contributed by atoms with Crippen LogP contribution in [0.1, 0.15) is 11.3 Å². The Morgan fingerprint density at radius 1 is 1.35 bits per heavy atom. The number of benzene rings is 1. The van der Waals surface area contributed by atoms with E-state index in [1.807, 2.05) is 19.1 Å². The van der Waals surface area contributed by atoms with Crippen LogP contribution in [0.15, 0.2) is 30.3 Å². The van der Waals surface area contributed by atoms with E-state index in [0.29, 0.717) is 13.2 Å². The number of carbonyl (C=O) groups is 1. The molecule has 1 aromatic heterocycles. The van der Waals surface area contributed by atoms with Crippen molar-refractivity contribution in [1.82, 2.24) is 10.3 Å². The lowest BCUT2D eigenvalue weighted by Crippen LogP contribution is -2.23. The second-order valence-corrected chi connectivity index (χ2v) is 4.68. The van der Waals surface area contributed by atoms with E-state index in [9.17, 15) is 4.79 Å². The molecule has 3 N–H and O–H groups in total. The van der Waals surface area contributed by atoms with Gasteiger partial charge in [-0.2, -0.15) is 0 Å². The van der Waals surface area contributed by atoms with Gasteiger partial charge in [-0.1, -0.05) is 12.1 Å². The number of aromatic nitrogens is 1. The van der Waals surface area contributed by atoms with Crippen LogP contribution in [0.4, 0.5) is 0 Å². The number of ether oxygens (including phenoxy) is 1. The fourth-order valence-corrected chi connectivity index (χ4v) is 1.94. The molecule has 0 saturated carbocycles. The largest absolute Gasteiger partial charge is 0.370 e. The van der Waals surface area contributed by atoms with Crippen molar-refractivity contribution in [3.63, 3.8) is 0 Å². The van der Waals surface area contributed by atoms with Gasteiger partial charge >= 0.3 is 0 Å². The third-order valence-corrected chi connectivity index (χ3v) is 2.89. The maximum absolute atomic E-state index is 10.5. The molecule has 0 spiro atoms. The van der Waals surface area contributed by atoms with Gasteiger partial charge < -0.3 is 15.8 Å². The van der Waals surface area contributed by atoms with E-state index in [1.165, 1.54) is 5.56 Å². The molecule has 106 valence electrons. The number of hydrogen-bond donors (Lipinski definition) is 2. The predicted octanol–water partition coefficient (Wildman–Crippen LogP) is 1.13. The maximum Gasteiger partial charge on any atom is 0.243 e. The fourth-order valence-electron chi connectivity index (χ4n) is 1.94. The number of rotatable bonds is 7. The molecule has 2 aromatic rings. The van der Waals surface area contributed by atoms with Crippen molar-refractivity contribution in [2.45, 2.75) is 13.5 Å². The molecule has 0 radical (unpaired) electrons. The molecule has 1 aromatic carbocycles. The standard InChI is InChI=1S/C15H19N3O2/c1-11-2-4-13-8-12(3-5-14(13)18-11)9-17-6-7-20-10-15(16)19/h2-5,8,17H,6-7,9-10H2,1H3,(H2,16,19). The van der Waals surface area contributed by atoms with Crippen LogP contribution in [0, 0.1) is 6.92 Å². The topological polar surface area (TPSA) is 77.2 Å². The lowest BCUT2D eigenvalue weighted by Gasteiger charge is -2.06. The summed E-state index contributed by atoms with van der Waals surface area (Å²) in [6.45, 7) is 3.86. The maximum atomic E-state index is 10.5. The van der Waals surface area contributed by atoms with Crippen LogP contribution in [-0.4, -0.2) is 30.6 Å². The summed E-state index contributed by atoms with van der Waals surface area (Å²) in [5, 5.41) is 4.39. The molecule has 0 bridgehead atoms. The quantitative estimate of drug-likeness (QED) is 0.741. The molecule has 0 atom stereocenters. The number of nitrogens with zero attached hydrogens (tertiary/aromatic N) is 1. The highest BCUT2D eigenvalue weighted by molar-refractivity contribution is 5.79. The summed E-state index contributed by atoms with van der Waals surface area (Å²) in [6.07, 6.45) is 0. The average Bonchev–Trinajstić information content (AvgIpc) is 2.42. The Balaban J connectivity index is 1.81. The molecule has 5 nitrogen and oxygen atoms in total. The van der Waals surface area contributed by atoms with Crippen molar-refractivity contribution in [2.75, 3.05) is 19.8 Å². The van der Waals surface area contributed by atoms with Gasteiger partial charge in [-0.25, -0.2) is 0 Å². The number of nitrogens with one attached hydrogen (secondary N) is 1. The second-order valence-electron chi connectivity index (χ2n) is 4.68. The summed E-state index contributed by atoms with van der Waals surface area (Å²) in [5.74, 6) is -0.442. The van der Waals surface area contributed by atoms with Gasteiger partial charge in [0.25, 0.3) is 0 Å². The number of nitrogens with two attached hydrogens (primary N) is 1. The molecule has 0 saturated heterocycles. The summed E-state index contributed by atoms with van der Waals surface area (Å²) in [7, 11) is 0. The molecule has 20 heavy (non-hydrogen) atoms. The minimum Gasteiger partial charge on any atom is -0.370 e. The summed E-state index contributed by atoms with van der Waals surface area (Å²) >= 11 is 0. The van der Waals surface area contributed by atoms with Crippen molar-refractivity contribution in [3.8, 4) is 0 Å². The first kappa shape index (κ1) is 14.4. The van der Waals surface area contributed by atoms with Gasteiger partial charge in [0.2, 0.25) is 5.91 Å². The highest BCUT2D eigenvalue weighted by atomic mass is 16.5. The summed E-state index contributed by atoms with van der Waals surface area (Å²) in [6, 6.07) is 10.3. The van der Waals surface area contributed by atoms with Crippen molar-refractivity contribution in [1.29, 1.82) is 0 Å². The molecule has 0 aliphatic heterocycles. The van der Waals surface area contributed by atoms with E-state index in [0.717, 1.165) is 23.1 Å². The van der Waals surface area contributed by atoms with Crippen LogP contribution < -0.4 is 11.1 Å². The van der Waals surface area contributed by atoms with Crippen LogP contribution in [-0.2, 0) is 16.1 Å². The third-order valence-electron chi connectivity index (χ3n) is 2.89. The van der Waals surface area contributed by atoms with Gasteiger partial charge in [0, 0.05) is 24.2 Å². The lowest BCUT2D eigenvalue weighted by atomic mass is 10.1. The first-order valence-corrected chi connectivity index (χ1v) is 6.58. The average molecular weight is 273 g/mol. The van der Waals surface area contributed by atoms with Gasteiger partial charge in [-0.3, -0.25) is 9.78 Å². The Morgan fingerprint density at radius 3 is 3.00 bits per heavy atom. The smallest absolute Gasteiger partial charge is 0.243 e. The Bertz CT molecular complexity index is 599. The van der Waals surface area contributed by atoms with Crippen molar-refractivity contribution in [2.24, 2.45) is 5.73 Å².